The van der Waals surface area contributed by atoms with Crippen LogP contribution in [0.5, 0.6) is 0 Å². The van der Waals surface area contributed by atoms with E-state index in [1.807, 2.05) is 0 Å². The van der Waals surface area contributed by atoms with Crippen LogP contribution in [0.15, 0.2) is 0 Å². The molecule has 0 saturated carbocycles. The molecule has 5 nitrogen and oxygen atoms in total. The molecule has 1 heterocycles. The quantitative estimate of drug-likeness (QED) is 0.561. The first-order valence-corrected chi connectivity index (χ1v) is 4.32. The lowest BCUT2D eigenvalue weighted by Crippen LogP contribution is -2.47. The average Bonchev–Trinajstić information content (AvgIpc) is 2.15. The molecule has 0 radical (unpaired) electrons. The largest absolute Gasteiger partial charge is 0.456 e. The van der Waals surface area contributed by atoms with Crippen LogP contribution in [0, 0.1) is 0 Å². The SMILES string of the molecule is CC(=O)OCC(=O)N1CCNCC1. The summed E-state index contributed by atoms with van der Waals surface area (Å²) in [5.74, 6) is -0.528. The lowest BCUT2D eigenvalue weighted by Gasteiger charge is -2.27. The standard InChI is InChI=1S/C8H14N2O3/c1-7(11)13-6-8(12)10-4-2-9-3-5-10/h9H,2-6H2,1H3. The number of esters is 1. The van der Waals surface area contributed by atoms with Gasteiger partial charge in [0.1, 0.15) is 0 Å². The highest BCUT2D eigenvalue weighted by Gasteiger charge is 2.16. The highest BCUT2D eigenvalue weighted by atomic mass is 16.5. The van der Waals surface area contributed by atoms with E-state index in [1.54, 1.807) is 4.90 Å². The van der Waals surface area contributed by atoms with E-state index < -0.39 is 5.97 Å². The van der Waals surface area contributed by atoms with Crippen molar-refractivity contribution in [3.8, 4) is 0 Å². The van der Waals surface area contributed by atoms with Gasteiger partial charge >= 0.3 is 5.97 Å². The Morgan fingerprint density at radius 3 is 2.54 bits per heavy atom. The smallest absolute Gasteiger partial charge is 0.303 e. The molecule has 0 aromatic heterocycles. The van der Waals surface area contributed by atoms with Crippen molar-refractivity contribution < 1.29 is 14.3 Å². The highest BCUT2D eigenvalue weighted by molar-refractivity contribution is 5.80. The summed E-state index contributed by atoms with van der Waals surface area (Å²) in [5.41, 5.74) is 0. The lowest BCUT2D eigenvalue weighted by molar-refractivity contribution is -0.150. The minimum absolute atomic E-state index is 0.114. The molecule has 1 rings (SSSR count). The number of carbonyl (C=O) groups excluding carboxylic acids is 2. The van der Waals surface area contributed by atoms with E-state index in [0.717, 1.165) is 13.1 Å². The summed E-state index contributed by atoms with van der Waals surface area (Å²) in [5, 5.41) is 3.13. The second-order valence-corrected chi connectivity index (χ2v) is 2.91. The molecule has 1 saturated heterocycles. The van der Waals surface area contributed by atoms with Crippen molar-refractivity contribution in [2.75, 3.05) is 32.8 Å². The molecule has 0 aromatic rings. The zero-order chi connectivity index (χ0) is 9.68. The fourth-order valence-corrected chi connectivity index (χ4v) is 1.17. The molecule has 0 spiro atoms. The van der Waals surface area contributed by atoms with Crippen LogP contribution in [0.2, 0.25) is 0 Å². The van der Waals surface area contributed by atoms with Gasteiger partial charge in [0.2, 0.25) is 0 Å². The van der Waals surface area contributed by atoms with E-state index in [1.165, 1.54) is 6.92 Å². The van der Waals surface area contributed by atoms with Gasteiger partial charge in [0.15, 0.2) is 6.61 Å². The fraction of sp³-hybridized carbons (Fsp3) is 0.750. The van der Waals surface area contributed by atoms with Gasteiger partial charge in [-0.2, -0.15) is 0 Å². The number of hydrogen-bond donors (Lipinski definition) is 1. The van der Waals surface area contributed by atoms with E-state index in [2.05, 4.69) is 10.1 Å². The van der Waals surface area contributed by atoms with Gasteiger partial charge in [-0.25, -0.2) is 0 Å². The molecular weight excluding hydrogens is 172 g/mol. The maximum atomic E-state index is 11.3. The Kier molecular flexibility index (Phi) is 3.70. The Hall–Kier alpha value is -1.10. The first-order chi connectivity index (χ1) is 6.20. The summed E-state index contributed by atoms with van der Waals surface area (Å²) in [4.78, 5) is 23.4. The molecule has 0 unspecified atom stereocenters. The monoisotopic (exact) mass is 186 g/mol. The van der Waals surface area contributed by atoms with Gasteiger partial charge in [0.05, 0.1) is 0 Å². The highest BCUT2D eigenvalue weighted by Crippen LogP contribution is 1.93. The van der Waals surface area contributed by atoms with Crippen molar-refractivity contribution in [1.29, 1.82) is 0 Å². The van der Waals surface area contributed by atoms with Crippen LogP contribution in [-0.4, -0.2) is 49.6 Å². The molecule has 1 aliphatic heterocycles. The van der Waals surface area contributed by atoms with E-state index in [-0.39, 0.29) is 12.5 Å². The van der Waals surface area contributed by atoms with E-state index in [0.29, 0.717) is 13.1 Å². The van der Waals surface area contributed by atoms with Gasteiger partial charge in [-0.1, -0.05) is 0 Å². The first kappa shape index (κ1) is 9.98. The molecule has 1 amide bonds. The summed E-state index contributed by atoms with van der Waals surface area (Å²) in [6.07, 6.45) is 0. The first-order valence-electron chi connectivity index (χ1n) is 4.32. The molecule has 13 heavy (non-hydrogen) atoms. The minimum atomic E-state index is -0.413. The molecule has 0 bridgehead atoms. The Labute approximate surface area is 77.0 Å². The van der Waals surface area contributed by atoms with Crippen molar-refractivity contribution in [3.05, 3.63) is 0 Å². The third kappa shape index (κ3) is 3.42. The van der Waals surface area contributed by atoms with Crippen LogP contribution in [-0.2, 0) is 14.3 Å². The number of nitrogens with one attached hydrogen (secondary N) is 1. The van der Waals surface area contributed by atoms with Crippen molar-refractivity contribution >= 4 is 11.9 Å². The molecule has 0 aromatic carbocycles. The number of rotatable bonds is 2. The van der Waals surface area contributed by atoms with E-state index in [9.17, 15) is 9.59 Å². The Morgan fingerprint density at radius 2 is 2.00 bits per heavy atom. The van der Waals surface area contributed by atoms with Crippen molar-refractivity contribution in [2.24, 2.45) is 0 Å². The minimum Gasteiger partial charge on any atom is -0.456 e. The normalized spacial score (nSPS) is 16.8. The predicted octanol–water partition coefficient (Wildman–Crippen LogP) is -1.02. The maximum Gasteiger partial charge on any atom is 0.303 e. The van der Waals surface area contributed by atoms with Crippen LogP contribution < -0.4 is 5.32 Å². The Balaban J connectivity index is 2.25. The van der Waals surface area contributed by atoms with Crippen molar-refractivity contribution in [1.82, 2.24) is 10.2 Å². The second-order valence-electron chi connectivity index (χ2n) is 2.91. The van der Waals surface area contributed by atoms with Gasteiger partial charge in [-0.3, -0.25) is 9.59 Å². The summed E-state index contributed by atoms with van der Waals surface area (Å²) < 4.78 is 4.61. The van der Waals surface area contributed by atoms with Crippen LogP contribution >= 0.6 is 0 Å². The van der Waals surface area contributed by atoms with Crippen LogP contribution in [0.25, 0.3) is 0 Å². The average molecular weight is 186 g/mol. The van der Waals surface area contributed by atoms with Gasteiger partial charge < -0.3 is 15.0 Å². The molecule has 0 aliphatic carbocycles. The number of nitrogens with zero attached hydrogens (tertiary/aromatic N) is 1. The van der Waals surface area contributed by atoms with Crippen LogP contribution in [0.1, 0.15) is 6.92 Å². The third-order valence-corrected chi connectivity index (χ3v) is 1.87. The molecule has 1 fully saturated rings. The number of piperazine rings is 1. The molecule has 1 N–H and O–H groups in total. The number of amides is 1. The second kappa shape index (κ2) is 4.81. The van der Waals surface area contributed by atoms with E-state index >= 15 is 0 Å². The van der Waals surface area contributed by atoms with Crippen molar-refractivity contribution in [2.45, 2.75) is 6.92 Å². The lowest BCUT2D eigenvalue weighted by atomic mass is 10.3. The van der Waals surface area contributed by atoms with Crippen LogP contribution in [0.4, 0.5) is 0 Å². The van der Waals surface area contributed by atoms with Gasteiger partial charge in [-0.05, 0) is 0 Å². The molecule has 74 valence electrons. The van der Waals surface area contributed by atoms with Gasteiger partial charge in [-0.15, -0.1) is 0 Å². The van der Waals surface area contributed by atoms with Crippen LogP contribution in [0.3, 0.4) is 0 Å². The summed E-state index contributed by atoms with van der Waals surface area (Å²) in [6.45, 7) is 4.18. The zero-order valence-corrected chi connectivity index (χ0v) is 7.71. The molecular formula is C8H14N2O3. The Morgan fingerprint density at radius 1 is 1.38 bits per heavy atom. The number of hydrogen-bond acceptors (Lipinski definition) is 4. The number of carbonyl (C=O) groups is 2. The zero-order valence-electron chi connectivity index (χ0n) is 7.71. The summed E-state index contributed by atoms with van der Waals surface area (Å²) >= 11 is 0. The maximum absolute atomic E-state index is 11.3. The summed E-state index contributed by atoms with van der Waals surface area (Å²) in [7, 11) is 0. The van der Waals surface area contributed by atoms with Gasteiger partial charge in [0.25, 0.3) is 5.91 Å². The number of ether oxygens (including phenoxy) is 1. The van der Waals surface area contributed by atoms with E-state index in [4.69, 9.17) is 0 Å². The predicted molar refractivity (Wildman–Crippen MR) is 46.1 cm³/mol. The van der Waals surface area contributed by atoms with Crippen molar-refractivity contribution in [3.63, 3.8) is 0 Å². The van der Waals surface area contributed by atoms with Gasteiger partial charge in [0, 0.05) is 33.1 Å². The molecule has 0 atom stereocenters. The third-order valence-electron chi connectivity index (χ3n) is 1.87. The molecule has 5 heteroatoms. The Bertz CT molecular complexity index is 200. The summed E-state index contributed by atoms with van der Waals surface area (Å²) in [6, 6.07) is 0. The fourth-order valence-electron chi connectivity index (χ4n) is 1.17. The topological polar surface area (TPSA) is 58.6 Å². The molecule has 1 aliphatic rings.